The van der Waals surface area contributed by atoms with E-state index in [0.717, 1.165) is 16.5 Å². The zero-order valence-corrected chi connectivity index (χ0v) is 12.6. The molecule has 6 heteroatoms. The summed E-state index contributed by atoms with van der Waals surface area (Å²) in [5.74, 6) is -1.76. The number of rotatable bonds is 5. The third-order valence-electron chi connectivity index (χ3n) is 4.58. The second-order valence-electron chi connectivity index (χ2n) is 6.09. The Morgan fingerprint density at radius 3 is 2.83 bits per heavy atom. The fourth-order valence-electron chi connectivity index (χ4n) is 3.27. The first-order valence-electron chi connectivity index (χ1n) is 7.80. The summed E-state index contributed by atoms with van der Waals surface area (Å²) in [5, 5.41) is 12.8. The van der Waals surface area contributed by atoms with Crippen molar-refractivity contribution in [2.75, 3.05) is 6.54 Å². The van der Waals surface area contributed by atoms with Crippen LogP contribution in [0.1, 0.15) is 24.8 Å². The van der Waals surface area contributed by atoms with Crippen LogP contribution in [0.2, 0.25) is 0 Å². The highest BCUT2D eigenvalue weighted by atomic mass is 19.1. The summed E-state index contributed by atoms with van der Waals surface area (Å²) >= 11 is 0. The molecule has 122 valence electrons. The number of aliphatic carboxylic acids is 1. The molecular formula is C17H19FN2O3. The maximum absolute atomic E-state index is 13.1. The average molecular weight is 318 g/mol. The summed E-state index contributed by atoms with van der Waals surface area (Å²) in [4.78, 5) is 26.0. The smallest absolute Gasteiger partial charge is 0.306 e. The molecule has 2 atom stereocenters. The predicted octanol–water partition coefficient (Wildman–Crippen LogP) is 2.47. The molecule has 1 saturated carbocycles. The van der Waals surface area contributed by atoms with Crippen molar-refractivity contribution in [3.8, 4) is 0 Å². The molecule has 1 heterocycles. The van der Waals surface area contributed by atoms with Crippen LogP contribution >= 0.6 is 0 Å². The van der Waals surface area contributed by atoms with Crippen molar-refractivity contribution >= 4 is 22.8 Å². The molecule has 23 heavy (non-hydrogen) atoms. The number of hydrogen-bond donors (Lipinski definition) is 3. The van der Waals surface area contributed by atoms with Crippen LogP contribution in [-0.2, 0) is 16.0 Å². The molecule has 2 aromatic rings. The van der Waals surface area contributed by atoms with Gasteiger partial charge < -0.3 is 15.4 Å². The third-order valence-corrected chi connectivity index (χ3v) is 4.58. The highest BCUT2D eigenvalue weighted by Crippen LogP contribution is 2.31. The van der Waals surface area contributed by atoms with E-state index in [0.29, 0.717) is 32.2 Å². The molecule has 1 fully saturated rings. The summed E-state index contributed by atoms with van der Waals surface area (Å²) < 4.78 is 13.1. The largest absolute Gasteiger partial charge is 0.481 e. The molecule has 0 radical (unpaired) electrons. The number of carboxylic acids is 1. The van der Waals surface area contributed by atoms with Crippen molar-refractivity contribution in [2.24, 2.45) is 11.8 Å². The number of carbonyl (C=O) groups is 2. The fraction of sp³-hybridized carbons (Fsp3) is 0.412. The standard InChI is InChI=1S/C17H19FN2O3/c18-13-3-4-14-12(9-20-15(14)8-13)5-6-19-16(21)10-1-2-11(7-10)17(22)23/h3-4,8-11,20H,1-2,5-7H2,(H,19,21)(H,22,23)/t10-,11+/m0/s1. The number of halogens is 1. The molecule has 0 aliphatic heterocycles. The number of fused-ring (bicyclic) bond motifs is 1. The van der Waals surface area contributed by atoms with Crippen molar-refractivity contribution in [3.05, 3.63) is 35.8 Å². The highest BCUT2D eigenvalue weighted by Gasteiger charge is 2.33. The lowest BCUT2D eigenvalue weighted by Gasteiger charge is -2.10. The van der Waals surface area contributed by atoms with E-state index in [1.54, 1.807) is 6.07 Å². The van der Waals surface area contributed by atoms with Crippen LogP contribution < -0.4 is 5.32 Å². The Labute approximate surface area is 132 Å². The molecule has 3 rings (SSSR count). The number of aromatic amines is 1. The summed E-state index contributed by atoms with van der Waals surface area (Å²) in [6.45, 7) is 0.484. The predicted molar refractivity (Wildman–Crippen MR) is 83.4 cm³/mol. The van der Waals surface area contributed by atoms with Gasteiger partial charge in [-0.3, -0.25) is 9.59 Å². The Morgan fingerprint density at radius 2 is 2.09 bits per heavy atom. The van der Waals surface area contributed by atoms with Crippen LogP contribution in [0.15, 0.2) is 24.4 Å². The van der Waals surface area contributed by atoms with Gasteiger partial charge in [0.15, 0.2) is 0 Å². The first kappa shape index (κ1) is 15.5. The molecule has 0 saturated heterocycles. The molecule has 5 nitrogen and oxygen atoms in total. The molecule has 0 unspecified atom stereocenters. The highest BCUT2D eigenvalue weighted by molar-refractivity contribution is 5.83. The second-order valence-corrected chi connectivity index (χ2v) is 6.09. The van der Waals surface area contributed by atoms with E-state index < -0.39 is 11.9 Å². The SMILES string of the molecule is O=C(O)[C@@H]1CC[C@H](C(=O)NCCc2c[nH]c3cc(F)ccc23)C1. The maximum Gasteiger partial charge on any atom is 0.306 e. The molecule has 1 aliphatic rings. The van der Waals surface area contributed by atoms with Crippen molar-refractivity contribution in [1.29, 1.82) is 0 Å². The lowest BCUT2D eigenvalue weighted by molar-refractivity contribution is -0.141. The molecule has 1 aliphatic carbocycles. The molecule has 3 N–H and O–H groups in total. The van der Waals surface area contributed by atoms with Gasteiger partial charge in [-0.1, -0.05) is 0 Å². The normalized spacial score (nSPS) is 20.7. The first-order chi connectivity index (χ1) is 11.0. The topological polar surface area (TPSA) is 82.2 Å². The number of amides is 1. The van der Waals surface area contributed by atoms with Crippen LogP contribution in [0.5, 0.6) is 0 Å². The number of aromatic nitrogens is 1. The molecule has 0 spiro atoms. The van der Waals surface area contributed by atoms with Gasteiger partial charge >= 0.3 is 5.97 Å². The van der Waals surface area contributed by atoms with Crippen molar-refractivity contribution < 1.29 is 19.1 Å². The van der Waals surface area contributed by atoms with E-state index in [1.807, 2.05) is 6.20 Å². The number of nitrogens with one attached hydrogen (secondary N) is 2. The number of hydrogen-bond acceptors (Lipinski definition) is 2. The van der Waals surface area contributed by atoms with Crippen LogP contribution in [0.25, 0.3) is 10.9 Å². The maximum atomic E-state index is 13.1. The first-order valence-corrected chi connectivity index (χ1v) is 7.80. The second kappa shape index (κ2) is 6.40. The van der Waals surface area contributed by atoms with Gasteiger partial charge in [0.2, 0.25) is 5.91 Å². The van der Waals surface area contributed by atoms with Crippen molar-refractivity contribution in [2.45, 2.75) is 25.7 Å². The van der Waals surface area contributed by atoms with Crippen molar-refractivity contribution in [3.63, 3.8) is 0 Å². The van der Waals surface area contributed by atoms with Crippen molar-refractivity contribution in [1.82, 2.24) is 10.3 Å². The molecule has 0 bridgehead atoms. The van der Waals surface area contributed by atoms with E-state index in [1.165, 1.54) is 12.1 Å². The van der Waals surface area contributed by atoms with Gasteiger partial charge in [0.1, 0.15) is 5.82 Å². The Kier molecular flexibility index (Phi) is 4.32. The zero-order chi connectivity index (χ0) is 16.4. The molecule has 1 aromatic carbocycles. The average Bonchev–Trinajstić information content (AvgIpc) is 3.14. The van der Waals surface area contributed by atoms with Gasteiger partial charge in [0.25, 0.3) is 0 Å². The van der Waals surface area contributed by atoms with Crippen LogP contribution in [0, 0.1) is 17.7 Å². The Hall–Kier alpha value is -2.37. The summed E-state index contributed by atoms with van der Waals surface area (Å²) in [5.41, 5.74) is 1.77. The summed E-state index contributed by atoms with van der Waals surface area (Å²) in [7, 11) is 0. The lowest BCUT2D eigenvalue weighted by Crippen LogP contribution is -2.31. The minimum absolute atomic E-state index is 0.0698. The van der Waals surface area contributed by atoms with Gasteiger partial charge in [0, 0.05) is 29.6 Å². The molecule has 1 amide bonds. The van der Waals surface area contributed by atoms with E-state index in [4.69, 9.17) is 5.11 Å². The van der Waals surface area contributed by atoms with Gasteiger partial charge in [-0.2, -0.15) is 0 Å². The Bertz CT molecular complexity index is 741. The van der Waals surface area contributed by atoms with Gasteiger partial charge in [-0.15, -0.1) is 0 Å². The molecular weight excluding hydrogens is 299 g/mol. The van der Waals surface area contributed by atoms with E-state index in [9.17, 15) is 14.0 Å². The minimum Gasteiger partial charge on any atom is -0.481 e. The van der Waals surface area contributed by atoms with Crippen LogP contribution in [-0.4, -0.2) is 28.5 Å². The summed E-state index contributed by atoms with van der Waals surface area (Å²) in [6.07, 6.45) is 4.10. The number of benzene rings is 1. The van der Waals surface area contributed by atoms with Crippen LogP contribution in [0.4, 0.5) is 4.39 Å². The third kappa shape index (κ3) is 3.36. The van der Waals surface area contributed by atoms with Gasteiger partial charge in [-0.05, 0) is 49.4 Å². The monoisotopic (exact) mass is 318 g/mol. The fourth-order valence-corrected chi connectivity index (χ4v) is 3.27. The Morgan fingerprint density at radius 1 is 1.30 bits per heavy atom. The number of carboxylic acid groups (broad SMARTS) is 1. The summed E-state index contributed by atoms with van der Waals surface area (Å²) in [6, 6.07) is 4.59. The number of H-pyrrole nitrogens is 1. The van der Waals surface area contributed by atoms with E-state index >= 15 is 0 Å². The number of carbonyl (C=O) groups excluding carboxylic acids is 1. The van der Waals surface area contributed by atoms with Crippen LogP contribution in [0.3, 0.4) is 0 Å². The minimum atomic E-state index is -0.814. The quantitative estimate of drug-likeness (QED) is 0.792. The van der Waals surface area contributed by atoms with E-state index in [-0.39, 0.29) is 17.6 Å². The van der Waals surface area contributed by atoms with Gasteiger partial charge in [0.05, 0.1) is 5.92 Å². The zero-order valence-electron chi connectivity index (χ0n) is 12.6. The molecule has 1 aromatic heterocycles. The lowest BCUT2D eigenvalue weighted by atomic mass is 10.0. The van der Waals surface area contributed by atoms with Gasteiger partial charge in [-0.25, -0.2) is 4.39 Å². The van der Waals surface area contributed by atoms with E-state index in [2.05, 4.69) is 10.3 Å². The Balaban J connectivity index is 1.53.